The average molecular weight is 316 g/mol. The summed E-state index contributed by atoms with van der Waals surface area (Å²) in [6.07, 6.45) is 0. The van der Waals surface area contributed by atoms with Crippen molar-refractivity contribution in [1.82, 2.24) is 0 Å². The highest BCUT2D eigenvalue weighted by Crippen LogP contribution is 2.36. The zero-order valence-corrected chi connectivity index (χ0v) is 11.1. The van der Waals surface area contributed by atoms with Crippen LogP contribution in [0, 0.1) is 0 Å². The number of rotatable bonds is 3. The van der Waals surface area contributed by atoms with Crippen LogP contribution < -0.4 is 9.47 Å². The van der Waals surface area contributed by atoms with Crippen molar-refractivity contribution in [3.05, 3.63) is 16.6 Å². The highest BCUT2D eigenvalue weighted by molar-refractivity contribution is 9.10. The summed E-state index contributed by atoms with van der Waals surface area (Å²) in [4.78, 5) is -0.0978. The maximum atomic E-state index is 11.2. The Morgan fingerprint density at radius 2 is 1.73 bits per heavy atom. The van der Waals surface area contributed by atoms with E-state index in [0.29, 0.717) is 10.2 Å². The number of halogens is 2. The molecule has 0 fully saturated rings. The van der Waals surface area contributed by atoms with Crippen molar-refractivity contribution in [2.24, 2.45) is 0 Å². The van der Waals surface area contributed by atoms with E-state index in [1.54, 1.807) is 0 Å². The minimum atomic E-state index is -3.83. The van der Waals surface area contributed by atoms with E-state index >= 15 is 0 Å². The minimum Gasteiger partial charge on any atom is -0.495 e. The van der Waals surface area contributed by atoms with Gasteiger partial charge in [0.05, 0.1) is 18.7 Å². The number of hydrogen-bond donors (Lipinski definition) is 0. The normalized spacial score (nSPS) is 11.2. The lowest BCUT2D eigenvalue weighted by atomic mass is 10.3. The summed E-state index contributed by atoms with van der Waals surface area (Å²) >= 11 is 3.16. The van der Waals surface area contributed by atoms with E-state index in [1.807, 2.05) is 0 Å². The topological polar surface area (TPSA) is 52.6 Å². The first-order valence-corrected chi connectivity index (χ1v) is 6.86. The molecule has 0 radical (unpaired) electrons. The molecule has 0 heterocycles. The second kappa shape index (κ2) is 4.59. The average Bonchev–Trinajstić information content (AvgIpc) is 2.16. The molecule has 1 rings (SSSR count). The van der Waals surface area contributed by atoms with Gasteiger partial charge >= 0.3 is 0 Å². The third-order valence-electron chi connectivity index (χ3n) is 1.70. The van der Waals surface area contributed by atoms with Gasteiger partial charge in [-0.2, -0.15) is 0 Å². The van der Waals surface area contributed by atoms with Crippen LogP contribution in [0.2, 0.25) is 0 Å². The fraction of sp³-hybridized carbons (Fsp3) is 0.250. The molecule has 4 nitrogen and oxygen atoms in total. The summed E-state index contributed by atoms with van der Waals surface area (Å²) in [7, 11) is 4.23. The van der Waals surface area contributed by atoms with Crippen LogP contribution in [0.25, 0.3) is 0 Å². The van der Waals surface area contributed by atoms with E-state index in [-0.39, 0.29) is 10.6 Å². The van der Waals surface area contributed by atoms with Crippen LogP contribution in [0.4, 0.5) is 0 Å². The van der Waals surface area contributed by atoms with E-state index in [2.05, 4.69) is 15.9 Å². The molecular formula is C8H8BrClO4S. The molecule has 0 aliphatic carbocycles. The predicted octanol–water partition coefficient (Wildman–Crippen LogP) is 2.39. The Kier molecular flexibility index (Phi) is 3.86. The molecule has 0 N–H and O–H groups in total. The van der Waals surface area contributed by atoms with Crippen molar-refractivity contribution in [3.63, 3.8) is 0 Å². The zero-order valence-electron chi connectivity index (χ0n) is 7.95. The Bertz CT molecular complexity index is 472. The molecule has 0 saturated heterocycles. The lowest BCUT2D eigenvalue weighted by Gasteiger charge is -2.09. The highest BCUT2D eigenvalue weighted by atomic mass is 79.9. The van der Waals surface area contributed by atoms with Gasteiger partial charge in [0.1, 0.15) is 16.4 Å². The Balaban J connectivity index is 3.48. The smallest absolute Gasteiger partial charge is 0.265 e. The minimum absolute atomic E-state index is 0.0978. The Labute approximate surface area is 101 Å². The van der Waals surface area contributed by atoms with Crippen molar-refractivity contribution >= 4 is 35.7 Å². The van der Waals surface area contributed by atoms with Crippen molar-refractivity contribution in [3.8, 4) is 11.5 Å². The molecule has 0 atom stereocenters. The molecule has 0 aliphatic rings. The summed E-state index contributed by atoms with van der Waals surface area (Å²) in [5.41, 5.74) is 0. The molecule has 15 heavy (non-hydrogen) atoms. The predicted molar refractivity (Wildman–Crippen MR) is 60.3 cm³/mol. The van der Waals surface area contributed by atoms with Gasteiger partial charge in [0.15, 0.2) is 0 Å². The molecular weight excluding hydrogens is 308 g/mol. The van der Waals surface area contributed by atoms with Crippen LogP contribution in [0.1, 0.15) is 0 Å². The van der Waals surface area contributed by atoms with Crippen LogP contribution in [-0.4, -0.2) is 22.6 Å². The summed E-state index contributed by atoms with van der Waals surface area (Å²) < 4.78 is 32.8. The van der Waals surface area contributed by atoms with Gasteiger partial charge < -0.3 is 9.47 Å². The molecule has 84 valence electrons. The lowest BCUT2D eigenvalue weighted by molar-refractivity contribution is 0.385. The van der Waals surface area contributed by atoms with E-state index < -0.39 is 9.05 Å². The molecule has 0 unspecified atom stereocenters. The van der Waals surface area contributed by atoms with Crippen LogP contribution in [0.3, 0.4) is 0 Å². The fourth-order valence-corrected chi connectivity index (χ4v) is 2.68. The van der Waals surface area contributed by atoms with E-state index in [9.17, 15) is 8.42 Å². The number of benzene rings is 1. The second-order valence-corrected chi connectivity index (χ2v) is 5.96. The van der Waals surface area contributed by atoms with Gasteiger partial charge in [-0.15, -0.1) is 0 Å². The first kappa shape index (κ1) is 12.6. The van der Waals surface area contributed by atoms with Crippen LogP contribution in [0.15, 0.2) is 21.5 Å². The molecule has 0 aromatic heterocycles. The second-order valence-electron chi connectivity index (χ2n) is 2.58. The summed E-state index contributed by atoms with van der Waals surface area (Å²) in [5, 5.41) is 0. The van der Waals surface area contributed by atoms with Gasteiger partial charge in [-0.3, -0.25) is 0 Å². The van der Waals surface area contributed by atoms with Crippen LogP contribution in [0.5, 0.6) is 11.5 Å². The standard InChI is InChI=1S/C8H8BrClO4S/c1-13-6-4-7(14-2)8(3-5(6)9)15(10,11)12/h3-4H,1-2H3. The van der Waals surface area contributed by atoms with Gasteiger partial charge in [0.2, 0.25) is 0 Å². The van der Waals surface area contributed by atoms with E-state index in [4.69, 9.17) is 20.2 Å². The van der Waals surface area contributed by atoms with Crippen molar-refractivity contribution in [1.29, 1.82) is 0 Å². The summed E-state index contributed by atoms with van der Waals surface area (Å²) in [5.74, 6) is 0.612. The summed E-state index contributed by atoms with van der Waals surface area (Å²) in [6, 6.07) is 2.78. The van der Waals surface area contributed by atoms with Crippen LogP contribution >= 0.6 is 26.6 Å². The molecule has 7 heteroatoms. The van der Waals surface area contributed by atoms with Crippen molar-refractivity contribution < 1.29 is 17.9 Å². The third kappa shape index (κ3) is 2.76. The van der Waals surface area contributed by atoms with Gasteiger partial charge in [-0.1, -0.05) is 0 Å². The van der Waals surface area contributed by atoms with Gasteiger partial charge in [0.25, 0.3) is 9.05 Å². The molecule has 0 aliphatic heterocycles. The first-order valence-electron chi connectivity index (χ1n) is 3.76. The molecule has 0 saturated carbocycles. The van der Waals surface area contributed by atoms with Gasteiger partial charge in [0, 0.05) is 16.7 Å². The third-order valence-corrected chi connectivity index (χ3v) is 3.66. The quantitative estimate of drug-likeness (QED) is 0.804. The lowest BCUT2D eigenvalue weighted by Crippen LogP contribution is -1.97. The number of hydrogen-bond acceptors (Lipinski definition) is 4. The van der Waals surface area contributed by atoms with Gasteiger partial charge in [-0.05, 0) is 22.0 Å². The van der Waals surface area contributed by atoms with Crippen LogP contribution in [-0.2, 0) is 9.05 Å². The van der Waals surface area contributed by atoms with E-state index in [1.165, 1.54) is 26.4 Å². The van der Waals surface area contributed by atoms with Crippen molar-refractivity contribution in [2.75, 3.05) is 14.2 Å². The highest BCUT2D eigenvalue weighted by Gasteiger charge is 2.19. The van der Waals surface area contributed by atoms with Gasteiger partial charge in [-0.25, -0.2) is 8.42 Å². The molecule has 1 aromatic carbocycles. The summed E-state index contributed by atoms with van der Waals surface area (Å²) in [6.45, 7) is 0. The molecule has 0 spiro atoms. The largest absolute Gasteiger partial charge is 0.495 e. The first-order chi connectivity index (χ1) is 6.90. The zero-order chi connectivity index (χ0) is 11.6. The number of methoxy groups -OCH3 is 2. The maximum absolute atomic E-state index is 11.2. The van der Waals surface area contributed by atoms with E-state index in [0.717, 1.165) is 0 Å². The SMILES string of the molecule is COc1cc(OC)c(S(=O)(=O)Cl)cc1Br. The number of ether oxygens (including phenoxy) is 2. The molecule has 0 bridgehead atoms. The molecule has 0 amide bonds. The Hall–Kier alpha value is -0.460. The monoisotopic (exact) mass is 314 g/mol. The Morgan fingerprint density at radius 3 is 2.13 bits per heavy atom. The van der Waals surface area contributed by atoms with Crippen molar-refractivity contribution in [2.45, 2.75) is 4.90 Å². The molecule has 1 aromatic rings. The Morgan fingerprint density at radius 1 is 1.20 bits per heavy atom. The fourth-order valence-electron chi connectivity index (χ4n) is 1.02. The maximum Gasteiger partial charge on any atom is 0.265 e.